The maximum Gasteiger partial charge on any atom is 0.240 e. The van der Waals surface area contributed by atoms with Crippen LogP contribution in [0.2, 0.25) is 0 Å². The Morgan fingerprint density at radius 1 is 1.21 bits per heavy atom. The number of likely N-dealkylation sites (tertiary alicyclic amines) is 1. The highest BCUT2D eigenvalue weighted by molar-refractivity contribution is 6.07. The highest BCUT2D eigenvalue weighted by atomic mass is 19.1. The molecule has 6 heteroatoms. The fourth-order valence-electron chi connectivity index (χ4n) is 3.17. The first-order chi connectivity index (χ1) is 11.5. The van der Waals surface area contributed by atoms with Crippen molar-refractivity contribution in [2.24, 2.45) is 11.8 Å². The van der Waals surface area contributed by atoms with Crippen LogP contribution in [0.3, 0.4) is 0 Å². The zero-order valence-electron chi connectivity index (χ0n) is 13.4. The van der Waals surface area contributed by atoms with Gasteiger partial charge in [-0.1, -0.05) is 24.3 Å². The van der Waals surface area contributed by atoms with E-state index < -0.39 is 5.91 Å². The third-order valence-electron chi connectivity index (χ3n) is 4.63. The number of nitrogens with one attached hydrogen (secondary N) is 1. The highest BCUT2D eigenvalue weighted by Gasteiger charge is 2.47. The molecular formula is C18H19FN2O3. The van der Waals surface area contributed by atoms with Crippen molar-refractivity contribution in [1.82, 2.24) is 10.2 Å². The van der Waals surface area contributed by atoms with Gasteiger partial charge in [-0.25, -0.2) is 4.39 Å². The average molecular weight is 330 g/mol. The number of hydrogen-bond donors (Lipinski definition) is 1. The zero-order chi connectivity index (χ0) is 17.3. The van der Waals surface area contributed by atoms with Crippen LogP contribution in [0.15, 0.2) is 30.4 Å². The standard InChI is InChI=1S/C18H19FN2O3/c1-11-6-7-12(8-15(11)19)9-20-16(22)10-21-17(23)13-4-2-3-5-14(13)18(21)24/h2-3,6-8,13-14H,4-5,9-10H2,1H3,(H,20,22)/t13-,14-/m0/s1. The topological polar surface area (TPSA) is 66.5 Å². The normalized spacial score (nSPS) is 22.7. The number of carbonyl (C=O) groups excluding carboxylic acids is 3. The summed E-state index contributed by atoms with van der Waals surface area (Å²) in [5.74, 6) is -1.97. The van der Waals surface area contributed by atoms with Gasteiger partial charge in [0, 0.05) is 6.54 Å². The summed E-state index contributed by atoms with van der Waals surface area (Å²) in [6, 6.07) is 4.73. The first-order valence-corrected chi connectivity index (χ1v) is 7.99. The van der Waals surface area contributed by atoms with E-state index >= 15 is 0 Å². The molecule has 0 unspecified atom stereocenters. The fraction of sp³-hybridized carbons (Fsp3) is 0.389. The second kappa shape index (κ2) is 6.55. The van der Waals surface area contributed by atoms with Crippen LogP contribution in [-0.2, 0) is 20.9 Å². The maximum atomic E-state index is 13.5. The van der Waals surface area contributed by atoms with Crippen LogP contribution in [0.4, 0.5) is 4.39 Å². The molecule has 126 valence electrons. The van der Waals surface area contributed by atoms with Crippen molar-refractivity contribution in [2.75, 3.05) is 6.54 Å². The minimum absolute atomic E-state index is 0.153. The van der Waals surface area contributed by atoms with E-state index in [9.17, 15) is 18.8 Å². The molecule has 2 atom stereocenters. The summed E-state index contributed by atoms with van der Waals surface area (Å²) in [6.45, 7) is 1.54. The van der Waals surface area contributed by atoms with Crippen molar-refractivity contribution >= 4 is 17.7 Å². The van der Waals surface area contributed by atoms with Gasteiger partial charge < -0.3 is 5.32 Å². The van der Waals surface area contributed by atoms with Crippen molar-refractivity contribution in [3.63, 3.8) is 0 Å². The van der Waals surface area contributed by atoms with Gasteiger partial charge in [0.05, 0.1) is 11.8 Å². The van der Waals surface area contributed by atoms with Gasteiger partial charge in [0.1, 0.15) is 12.4 Å². The molecule has 0 radical (unpaired) electrons. The Morgan fingerprint density at radius 2 is 1.83 bits per heavy atom. The molecule has 24 heavy (non-hydrogen) atoms. The van der Waals surface area contributed by atoms with Crippen LogP contribution < -0.4 is 5.32 Å². The lowest BCUT2D eigenvalue weighted by atomic mass is 9.85. The van der Waals surface area contributed by atoms with Gasteiger partial charge in [-0.3, -0.25) is 19.3 Å². The minimum Gasteiger partial charge on any atom is -0.350 e. The van der Waals surface area contributed by atoms with Crippen molar-refractivity contribution < 1.29 is 18.8 Å². The number of rotatable bonds is 4. The van der Waals surface area contributed by atoms with E-state index in [1.165, 1.54) is 6.07 Å². The number of amides is 3. The number of imide groups is 1. The van der Waals surface area contributed by atoms with Gasteiger partial charge >= 0.3 is 0 Å². The molecule has 1 aromatic rings. The van der Waals surface area contributed by atoms with Gasteiger partial charge in [-0.15, -0.1) is 0 Å². The number of benzene rings is 1. The molecule has 0 saturated carbocycles. The second-order valence-electron chi connectivity index (χ2n) is 6.28. The van der Waals surface area contributed by atoms with Crippen LogP contribution in [-0.4, -0.2) is 29.2 Å². The van der Waals surface area contributed by atoms with Crippen molar-refractivity contribution in [1.29, 1.82) is 0 Å². The smallest absolute Gasteiger partial charge is 0.240 e. The van der Waals surface area contributed by atoms with Gasteiger partial charge in [-0.05, 0) is 37.0 Å². The van der Waals surface area contributed by atoms with Gasteiger partial charge in [-0.2, -0.15) is 0 Å². The predicted molar refractivity (Wildman–Crippen MR) is 85.1 cm³/mol. The van der Waals surface area contributed by atoms with Crippen LogP contribution in [0.5, 0.6) is 0 Å². The molecule has 5 nitrogen and oxygen atoms in total. The third kappa shape index (κ3) is 3.09. The van der Waals surface area contributed by atoms with E-state index in [0.29, 0.717) is 24.0 Å². The summed E-state index contributed by atoms with van der Waals surface area (Å²) in [7, 11) is 0. The average Bonchev–Trinajstić information content (AvgIpc) is 2.81. The molecule has 1 aliphatic heterocycles. The summed E-state index contributed by atoms with van der Waals surface area (Å²) in [5.41, 5.74) is 1.16. The number of allylic oxidation sites excluding steroid dienone is 2. The Labute approximate surface area is 139 Å². The molecule has 0 bridgehead atoms. The lowest BCUT2D eigenvalue weighted by molar-refractivity contribution is -0.143. The van der Waals surface area contributed by atoms with Crippen molar-refractivity contribution in [3.8, 4) is 0 Å². The molecule has 1 heterocycles. The highest BCUT2D eigenvalue weighted by Crippen LogP contribution is 2.34. The lowest BCUT2D eigenvalue weighted by Gasteiger charge is -2.14. The molecule has 1 saturated heterocycles. The SMILES string of the molecule is Cc1ccc(CNC(=O)CN2C(=O)[C@H]3CC=CC[C@@H]3C2=O)cc1F. The minimum atomic E-state index is -0.427. The Hall–Kier alpha value is -2.50. The van der Waals surface area contributed by atoms with E-state index in [0.717, 1.165) is 4.90 Å². The molecule has 3 rings (SSSR count). The van der Waals surface area contributed by atoms with Gasteiger partial charge in [0.15, 0.2) is 0 Å². The molecule has 1 aromatic carbocycles. The molecule has 2 aliphatic rings. The van der Waals surface area contributed by atoms with Gasteiger partial charge in [0.25, 0.3) is 0 Å². The molecule has 1 fully saturated rings. The lowest BCUT2D eigenvalue weighted by Crippen LogP contribution is -2.40. The Kier molecular flexibility index (Phi) is 4.46. The summed E-state index contributed by atoms with van der Waals surface area (Å²) in [4.78, 5) is 37.7. The van der Waals surface area contributed by atoms with Gasteiger partial charge in [0.2, 0.25) is 17.7 Å². The summed E-state index contributed by atoms with van der Waals surface area (Å²) in [5, 5.41) is 2.63. The number of aryl methyl sites for hydroxylation is 1. The Morgan fingerprint density at radius 3 is 2.42 bits per heavy atom. The largest absolute Gasteiger partial charge is 0.350 e. The number of nitrogens with zero attached hydrogens (tertiary/aromatic N) is 1. The van der Waals surface area contributed by atoms with Crippen LogP contribution >= 0.6 is 0 Å². The molecule has 1 N–H and O–H groups in total. The van der Waals surface area contributed by atoms with E-state index in [-0.39, 0.29) is 42.6 Å². The van der Waals surface area contributed by atoms with E-state index in [4.69, 9.17) is 0 Å². The maximum absolute atomic E-state index is 13.5. The zero-order valence-corrected chi connectivity index (χ0v) is 13.4. The van der Waals surface area contributed by atoms with E-state index in [1.807, 2.05) is 12.2 Å². The first kappa shape index (κ1) is 16.4. The fourth-order valence-corrected chi connectivity index (χ4v) is 3.17. The molecule has 0 spiro atoms. The number of halogens is 1. The summed E-state index contributed by atoms with van der Waals surface area (Å²) < 4.78 is 13.5. The summed E-state index contributed by atoms with van der Waals surface area (Å²) >= 11 is 0. The number of carbonyl (C=O) groups is 3. The molecular weight excluding hydrogens is 311 g/mol. The first-order valence-electron chi connectivity index (χ1n) is 7.99. The molecule has 3 amide bonds. The Bertz CT molecular complexity index is 703. The molecule has 0 aromatic heterocycles. The molecule has 1 aliphatic carbocycles. The second-order valence-corrected chi connectivity index (χ2v) is 6.28. The predicted octanol–water partition coefficient (Wildman–Crippen LogP) is 1.70. The third-order valence-corrected chi connectivity index (χ3v) is 4.63. The van der Waals surface area contributed by atoms with Crippen LogP contribution in [0, 0.1) is 24.6 Å². The number of hydrogen-bond acceptors (Lipinski definition) is 3. The van der Waals surface area contributed by atoms with Crippen LogP contribution in [0.25, 0.3) is 0 Å². The summed E-state index contributed by atoms with van der Waals surface area (Å²) in [6.07, 6.45) is 4.91. The Balaban J connectivity index is 1.58. The quantitative estimate of drug-likeness (QED) is 0.675. The number of fused-ring (bicyclic) bond motifs is 1. The monoisotopic (exact) mass is 330 g/mol. The van der Waals surface area contributed by atoms with Crippen molar-refractivity contribution in [2.45, 2.75) is 26.3 Å². The van der Waals surface area contributed by atoms with Crippen molar-refractivity contribution in [3.05, 3.63) is 47.3 Å². The van der Waals surface area contributed by atoms with Crippen LogP contribution in [0.1, 0.15) is 24.0 Å². The van der Waals surface area contributed by atoms with E-state index in [1.54, 1.807) is 19.1 Å². The van der Waals surface area contributed by atoms with E-state index in [2.05, 4.69) is 5.32 Å².